The number of hydrogen-bond donors (Lipinski definition) is 3. The largest absolute Gasteiger partial charge is 0.504 e. The maximum Gasteiger partial charge on any atom is 0.193 e. The van der Waals surface area contributed by atoms with Crippen LogP contribution >= 0.6 is 24.0 Å². The zero-order valence-electron chi connectivity index (χ0n) is 14.3. The van der Waals surface area contributed by atoms with Gasteiger partial charge in [0.1, 0.15) is 0 Å². The van der Waals surface area contributed by atoms with E-state index in [1.54, 1.807) is 6.07 Å². The Bertz CT molecular complexity index is 762. The van der Waals surface area contributed by atoms with E-state index in [1.807, 2.05) is 18.2 Å². The third kappa shape index (κ3) is 4.78. The predicted molar refractivity (Wildman–Crippen MR) is 112 cm³/mol. The third-order valence-electron chi connectivity index (χ3n) is 4.34. The van der Waals surface area contributed by atoms with E-state index in [1.165, 1.54) is 31.1 Å². The van der Waals surface area contributed by atoms with Crippen molar-refractivity contribution in [1.82, 2.24) is 0 Å². The van der Waals surface area contributed by atoms with Crippen LogP contribution in [0.15, 0.2) is 41.4 Å². The molecule has 0 aliphatic heterocycles. The first-order valence-electron chi connectivity index (χ1n) is 8.21. The Balaban J connectivity index is 0.00000225. The lowest BCUT2D eigenvalue weighted by Gasteiger charge is -2.09. The molecule has 2 aromatic rings. The third-order valence-corrected chi connectivity index (χ3v) is 4.34. The summed E-state index contributed by atoms with van der Waals surface area (Å²) in [6.07, 6.45) is 4.13. The molecule has 0 spiro atoms. The first kappa shape index (κ1) is 19.4. The van der Waals surface area contributed by atoms with Crippen LogP contribution in [-0.4, -0.2) is 24.7 Å². The minimum absolute atomic E-state index is 0. The number of aliphatic imine (C=N–C) groups is 1. The number of rotatable bonds is 5. The molecule has 3 rings (SSSR count). The van der Waals surface area contributed by atoms with Crippen molar-refractivity contribution in [3.63, 3.8) is 0 Å². The highest BCUT2D eigenvalue weighted by Crippen LogP contribution is 2.29. The van der Waals surface area contributed by atoms with Gasteiger partial charge >= 0.3 is 0 Å². The molecule has 0 aromatic heterocycles. The fourth-order valence-corrected chi connectivity index (χ4v) is 3.07. The van der Waals surface area contributed by atoms with Crippen LogP contribution in [0.1, 0.15) is 23.1 Å². The van der Waals surface area contributed by atoms with Crippen LogP contribution in [0.4, 0.5) is 5.69 Å². The molecular formula is C19H24IN3O2. The van der Waals surface area contributed by atoms with Crippen molar-refractivity contribution in [2.45, 2.75) is 25.7 Å². The molecule has 0 atom stereocenters. The van der Waals surface area contributed by atoms with Crippen molar-refractivity contribution >= 4 is 35.6 Å². The van der Waals surface area contributed by atoms with Crippen LogP contribution in [0.5, 0.6) is 11.5 Å². The number of para-hydroxylation sites is 1. The van der Waals surface area contributed by atoms with E-state index in [2.05, 4.69) is 22.4 Å². The number of benzene rings is 2. The van der Waals surface area contributed by atoms with E-state index in [0.29, 0.717) is 24.7 Å². The topological polar surface area (TPSA) is 79.9 Å². The second-order valence-electron chi connectivity index (χ2n) is 5.95. The van der Waals surface area contributed by atoms with Crippen LogP contribution in [0.3, 0.4) is 0 Å². The molecule has 4 N–H and O–H groups in total. The van der Waals surface area contributed by atoms with Crippen molar-refractivity contribution in [3.05, 3.63) is 53.1 Å². The molecular weight excluding hydrogens is 429 g/mol. The summed E-state index contributed by atoms with van der Waals surface area (Å²) in [5, 5.41) is 13.2. The number of aromatic hydroxyl groups is 1. The molecule has 0 saturated heterocycles. The molecule has 134 valence electrons. The Morgan fingerprint density at radius 1 is 1.24 bits per heavy atom. The average molecular weight is 453 g/mol. The number of aryl methyl sites for hydroxylation is 2. The number of methoxy groups -OCH3 is 1. The number of fused-ring (bicyclic) bond motifs is 1. The van der Waals surface area contributed by atoms with Gasteiger partial charge < -0.3 is 20.9 Å². The van der Waals surface area contributed by atoms with Gasteiger partial charge in [0.2, 0.25) is 0 Å². The van der Waals surface area contributed by atoms with Gasteiger partial charge in [-0.25, -0.2) is 0 Å². The molecule has 5 nitrogen and oxygen atoms in total. The highest BCUT2D eigenvalue weighted by molar-refractivity contribution is 14.0. The highest BCUT2D eigenvalue weighted by Gasteiger charge is 2.11. The summed E-state index contributed by atoms with van der Waals surface area (Å²) < 4.78 is 5.11. The summed E-state index contributed by atoms with van der Waals surface area (Å²) in [7, 11) is 1.54. The van der Waals surface area contributed by atoms with Crippen molar-refractivity contribution in [2.24, 2.45) is 10.7 Å². The van der Waals surface area contributed by atoms with Crippen LogP contribution in [-0.2, 0) is 19.3 Å². The SMILES string of the molecule is COc1cccc(CCN=C(N)Nc2ccc3c(c2)CCC3)c1O.I. The summed E-state index contributed by atoms with van der Waals surface area (Å²) in [5.41, 5.74) is 10.6. The Morgan fingerprint density at radius 2 is 2.04 bits per heavy atom. The minimum atomic E-state index is 0. The van der Waals surface area contributed by atoms with Crippen molar-refractivity contribution in [2.75, 3.05) is 19.0 Å². The quantitative estimate of drug-likeness (QED) is 0.368. The Labute approximate surface area is 165 Å². The maximum atomic E-state index is 10.1. The number of phenols is 1. The van der Waals surface area contributed by atoms with Crippen molar-refractivity contribution in [3.8, 4) is 11.5 Å². The zero-order chi connectivity index (χ0) is 16.9. The summed E-state index contributed by atoms with van der Waals surface area (Å²) in [6, 6.07) is 11.8. The number of anilines is 1. The number of halogens is 1. The van der Waals surface area contributed by atoms with E-state index in [0.717, 1.165) is 17.7 Å². The first-order chi connectivity index (χ1) is 11.7. The van der Waals surface area contributed by atoms with Crippen LogP contribution in [0.25, 0.3) is 0 Å². The monoisotopic (exact) mass is 453 g/mol. The number of guanidine groups is 1. The van der Waals surface area contributed by atoms with Gasteiger partial charge in [-0.05, 0) is 60.6 Å². The maximum absolute atomic E-state index is 10.1. The van der Waals surface area contributed by atoms with Gasteiger partial charge in [0.15, 0.2) is 17.5 Å². The number of ether oxygens (including phenoxy) is 1. The molecule has 0 radical (unpaired) electrons. The second kappa shape index (κ2) is 8.94. The predicted octanol–water partition coefficient (Wildman–Crippen LogP) is 3.48. The van der Waals surface area contributed by atoms with Gasteiger partial charge in [0.25, 0.3) is 0 Å². The number of hydrogen-bond acceptors (Lipinski definition) is 3. The zero-order valence-corrected chi connectivity index (χ0v) is 16.6. The van der Waals surface area contributed by atoms with Gasteiger partial charge in [-0.15, -0.1) is 24.0 Å². The lowest BCUT2D eigenvalue weighted by Crippen LogP contribution is -2.23. The molecule has 0 heterocycles. The molecule has 0 saturated carbocycles. The normalized spacial score (nSPS) is 13.1. The van der Waals surface area contributed by atoms with Crippen LogP contribution < -0.4 is 15.8 Å². The number of nitrogens with zero attached hydrogens (tertiary/aromatic N) is 1. The molecule has 6 heteroatoms. The summed E-state index contributed by atoms with van der Waals surface area (Å²) in [4.78, 5) is 4.34. The number of nitrogens with two attached hydrogens (primary N) is 1. The van der Waals surface area contributed by atoms with Gasteiger partial charge in [0.05, 0.1) is 7.11 Å². The Morgan fingerprint density at radius 3 is 2.84 bits per heavy atom. The number of nitrogens with one attached hydrogen (secondary N) is 1. The lowest BCUT2D eigenvalue weighted by atomic mass is 10.1. The second-order valence-corrected chi connectivity index (χ2v) is 5.95. The van der Waals surface area contributed by atoms with Crippen molar-refractivity contribution < 1.29 is 9.84 Å². The molecule has 0 bridgehead atoms. The smallest absolute Gasteiger partial charge is 0.193 e. The number of phenolic OH excluding ortho intramolecular Hbond substituents is 1. The van der Waals surface area contributed by atoms with E-state index in [4.69, 9.17) is 10.5 Å². The van der Waals surface area contributed by atoms with Gasteiger partial charge in [-0.3, -0.25) is 4.99 Å². The Hall–Kier alpha value is -1.96. The molecule has 0 fully saturated rings. The molecule has 1 aliphatic rings. The fraction of sp³-hybridized carbons (Fsp3) is 0.316. The summed E-state index contributed by atoms with van der Waals surface area (Å²) in [5.74, 6) is 1.02. The molecule has 0 unspecified atom stereocenters. The molecule has 1 aliphatic carbocycles. The van der Waals surface area contributed by atoms with Crippen LogP contribution in [0, 0.1) is 0 Å². The standard InChI is InChI=1S/C19H23N3O2.HI/c1-24-17-7-3-5-14(18(17)23)10-11-21-19(20)22-16-9-8-13-4-2-6-15(13)12-16;/h3,5,7-9,12,23H,2,4,6,10-11H2,1H3,(H3,20,21,22);1H. The Kier molecular flexibility index (Phi) is 6.92. The van der Waals surface area contributed by atoms with E-state index in [9.17, 15) is 5.11 Å². The van der Waals surface area contributed by atoms with Gasteiger partial charge in [-0.2, -0.15) is 0 Å². The van der Waals surface area contributed by atoms with E-state index >= 15 is 0 Å². The van der Waals surface area contributed by atoms with Crippen LogP contribution in [0.2, 0.25) is 0 Å². The average Bonchev–Trinajstić information content (AvgIpc) is 3.04. The summed E-state index contributed by atoms with van der Waals surface area (Å²) >= 11 is 0. The van der Waals surface area contributed by atoms with E-state index in [-0.39, 0.29) is 29.7 Å². The van der Waals surface area contributed by atoms with Crippen molar-refractivity contribution in [1.29, 1.82) is 0 Å². The van der Waals surface area contributed by atoms with E-state index < -0.39 is 0 Å². The lowest BCUT2D eigenvalue weighted by molar-refractivity contribution is 0.370. The first-order valence-corrected chi connectivity index (χ1v) is 8.21. The fourth-order valence-electron chi connectivity index (χ4n) is 3.07. The molecule has 0 amide bonds. The molecule has 25 heavy (non-hydrogen) atoms. The summed E-state index contributed by atoms with van der Waals surface area (Å²) in [6.45, 7) is 0.491. The minimum Gasteiger partial charge on any atom is -0.504 e. The highest BCUT2D eigenvalue weighted by atomic mass is 127. The van der Waals surface area contributed by atoms with Gasteiger partial charge in [-0.1, -0.05) is 18.2 Å². The van der Waals surface area contributed by atoms with Gasteiger partial charge in [0, 0.05) is 12.2 Å². The molecule has 2 aromatic carbocycles.